The molecular formula is C8H11NO3S. The molecule has 0 radical (unpaired) electrons. The van der Waals surface area contributed by atoms with E-state index in [0.717, 1.165) is 11.2 Å². The van der Waals surface area contributed by atoms with E-state index in [4.69, 9.17) is 9.47 Å². The second-order valence-corrected chi connectivity index (χ2v) is 3.47. The fourth-order valence-corrected chi connectivity index (χ4v) is 1.43. The van der Waals surface area contributed by atoms with Gasteiger partial charge in [0.15, 0.2) is 11.3 Å². The lowest BCUT2D eigenvalue weighted by Gasteiger charge is -1.99. The van der Waals surface area contributed by atoms with Crippen LogP contribution in [-0.2, 0) is 16.1 Å². The third-order valence-electron chi connectivity index (χ3n) is 1.35. The van der Waals surface area contributed by atoms with E-state index in [2.05, 4.69) is 4.98 Å². The molecule has 0 aromatic carbocycles. The second kappa shape index (κ2) is 5.80. The Hall–Kier alpha value is -0.780. The van der Waals surface area contributed by atoms with E-state index in [1.165, 1.54) is 11.3 Å². The predicted octanol–water partition coefficient (Wildman–Crippen LogP) is 1.12. The Morgan fingerprint density at radius 3 is 3.08 bits per heavy atom. The van der Waals surface area contributed by atoms with Crippen molar-refractivity contribution in [2.45, 2.75) is 6.61 Å². The molecule has 1 aromatic heterocycles. The maximum atomic E-state index is 10.3. The minimum atomic E-state index is 0.491. The van der Waals surface area contributed by atoms with Crippen LogP contribution >= 0.6 is 11.3 Å². The number of carbonyl (C=O) groups excluding carboxylic acids is 1. The number of nitrogens with zero attached hydrogens (tertiary/aromatic N) is 1. The van der Waals surface area contributed by atoms with Gasteiger partial charge in [0, 0.05) is 13.3 Å². The lowest BCUT2D eigenvalue weighted by Crippen LogP contribution is -2.00. The average Bonchev–Trinajstić information content (AvgIpc) is 2.60. The van der Waals surface area contributed by atoms with Gasteiger partial charge in [-0.05, 0) is 0 Å². The molecule has 5 heteroatoms. The minimum absolute atomic E-state index is 0.491. The van der Waals surface area contributed by atoms with Crippen molar-refractivity contribution >= 4 is 17.6 Å². The highest BCUT2D eigenvalue weighted by atomic mass is 32.1. The normalized spacial score (nSPS) is 10.2. The molecule has 0 N–H and O–H groups in total. The van der Waals surface area contributed by atoms with Gasteiger partial charge < -0.3 is 9.47 Å². The first-order valence-electron chi connectivity index (χ1n) is 3.83. The standard InChI is InChI=1S/C8H11NO3S/c1-11-2-3-12-6-7-4-9-8(5-10)13-7/h4-5H,2-3,6H2,1H3. The van der Waals surface area contributed by atoms with Crippen molar-refractivity contribution in [1.29, 1.82) is 0 Å². The lowest BCUT2D eigenvalue weighted by atomic mass is 10.6. The fourth-order valence-electron chi connectivity index (χ4n) is 0.759. The van der Waals surface area contributed by atoms with Gasteiger partial charge in [-0.2, -0.15) is 0 Å². The average molecular weight is 201 g/mol. The molecule has 0 unspecified atom stereocenters. The molecule has 0 amide bonds. The Kier molecular flexibility index (Phi) is 4.59. The monoisotopic (exact) mass is 201 g/mol. The van der Waals surface area contributed by atoms with Crippen LogP contribution in [0.2, 0.25) is 0 Å². The number of thiazole rings is 1. The third-order valence-corrected chi connectivity index (χ3v) is 2.24. The summed E-state index contributed by atoms with van der Waals surface area (Å²) in [5.41, 5.74) is 0. The number of hydrogen-bond donors (Lipinski definition) is 0. The largest absolute Gasteiger partial charge is 0.382 e. The summed E-state index contributed by atoms with van der Waals surface area (Å²) in [6.07, 6.45) is 2.39. The summed E-state index contributed by atoms with van der Waals surface area (Å²) in [7, 11) is 1.63. The van der Waals surface area contributed by atoms with E-state index in [1.807, 2.05) is 0 Å². The van der Waals surface area contributed by atoms with Crippen LogP contribution in [0.5, 0.6) is 0 Å². The Bertz CT molecular complexity index is 262. The van der Waals surface area contributed by atoms with Crippen LogP contribution in [0.4, 0.5) is 0 Å². The molecule has 0 aliphatic heterocycles. The van der Waals surface area contributed by atoms with Crippen molar-refractivity contribution in [3.05, 3.63) is 16.1 Å². The zero-order chi connectivity index (χ0) is 9.52. The Balaban J connectivity index is 2.24. The van der Waals surface area contributed by atoms with Gasteiger partial charge in [0.05, 0.1) is 24.7 Å². The fraction of sp³-hybridized carbons (Fsp3) is 0.500. The number of hydrogen-bond acceptors (Lipinski definition) is 5. The first-order valence-corrected chi connectivity index (χ1v) is 4.65. The number of aldehydes is 1. The van der Waals surface area contributed by atoms with Crippen molar-refractivity contribution in [1.82, 2.24) is 4.98 Å². The highest BCUT2D eigenvalue weighted by Crippen LogP contribution is 2.11. The summed E-state index contributed by atoms with van der Waals surface area (Å²) in [4.78, 5) is 15.1. The van der Waals surface area contributed by atoms with E-state index in [9.17, 15) is 4.79 Å². The number of aromatic nitrogens is 1. The number of methoxy groups -OCH3 is 1. The Morgan fingerprint density at radius 2 is 2.46 bits per heavy atom. The van der Waals surface area contributed by atoms with E-state index < -0.39 is 0 Å². The van der Waals surface area contributed by atoms with Crippen molar-refractivity contribution in [3.8, 4) is 0 Å². The van der Waals surface area contributed by atoms with Crippen LogP contribution < -0.4 is 0 Å². The Labute approximate surface area is 80.5 Å². The highest BCUT2D eigenvalue weighted by molar-refractivity contribution is 7.13. The molecule has 1 rings (SSSR count). The molecule has 72 valence electrons. The molecular weight excluding hydrogens is 190 g/mol. The Morgan fingerprint density at radius 1 is 1.62 bits per heavy atom. The molecule has 1 aromatic rings. The summed E-state index contributed by atoms with van der Waals surface area (Å²) < 4.78 is 10.1. The summed E-state index contributed by atoms with van der Waals surface area (Å²) in [5.74, 6) is 0. The maximum absolute atomic E-state index is 10.3. The van der Waals surface area contributed by atoms with Crippen molar-refractivity contribution in [2.75, 3.05) is 20.3 Å². The summed E-state index contributed by atoms with van der Waals surface area (Å²) in [6.45, 7) is 1.64. The molecule has 0 atom stereocenters. The predicted molar refractivity (Wildman–Crippen MR) is 49.0 cm³/mol. The van der Waals surface area contributed by atoms with Crippen LogP contribution in [0.25, 0.3) is 0 Å². The molecule has 0 saturated carbocycles. The number of carbonyl (C=O) groups is 1. The third kappa shape index (κ3) is 3.63. The van der Waals surface area contributed by atoms with E-state index in [0.29, 0.717) is 24.8 Å². The van der Waals surface area contributed by atoms with Crippen LogP contribution in [-0.4, -0.2) is 31.6 Å². The quantitative estimate of drug-likeness (QED) is 0.511. The van der Waals surface area contributed by atoms with Gasteiger partial charge in [-0.15, -0.1) is 11.3 Å². The van der Waals surface area contributed by atoms with Crippen molar-refractivity contribution in [3.63, 3.8) is 0 Å². The van der Waals surface area contributed by atoms with Crippen LogP contribution in [0.1, 0.15) is 14.7 Å². The van der Waals surface area contributed by atoms with E-state index >= 15 is 0 Å². The van der Waals surface area contributed by atoms with Gasteiger partial charge in [0.25, 0.3) is 0 Å². The minimum Gasteiger partial charge on any atom is -0.382 e. The van der Waals surface area contributed by atoms with Gasteiger partial charge in [-0.1, -0.05) is 0 Å². The molecule has 0 spiro atoms. The molecule has 0 saturated heterocycles. The summed E-state index contributed by atoms with van der Waals surface area (Å²) >= 11 is 1.35. The van der Waals surface area contributed by atoms with E-state index in [1.54, 1.807) is 13.3 Å². The molecule has 0 bridgehead atoms. The highest BCUT2D eigenvalue weighted by Gasteiger charge is 1.99. The van der Waals surface area contributed by atoms with Gasteiger partial charge in [-0.3, -0.25) is 4.79 Å². The zero-order valence-corrected chi connectivity index (χ0v) is 8.17. The van der Waals surface area contributed by atoms with Gasteiger partial charge >= 0.3 is 0 Å². The second-order valence-electron chi connectivity index (χ2n) is 2.33. The summed E-state index contributed by atoms with van der Waals surface area (Å²) in [6, 6.07) is 0. The maximum Gasteiger partial charge on any atom is 0.178 e. The van der Waals surface area contributed by atoms with Gasteiger partial charge in [-0.25, -0.2) is 4.98 Å². The summed E-state index contributed by atoms with van der Waals surface area (Å²) in [5, 5.41) is 0.491. The molecule has 0 aliphatic carbocycles. The SMILES string of the molecule is COCCOCc1cnc(C=O)s1. The number of ether oxygens (including phenoxy) is 2. The van der Waals surface area contributed by atoms with Crippen LogP contribution in [0, 0.1) is 0 Å². The van der Waals surface area contributed by atoms with Gasteiger partial charge in [0.1, 0.15) is 0 Å². The molecule has 0 fully saturated rings. The van der Waals surface area contributed by atoms with Crippen molar-refractivity contribution < 1.29 is 14.3 Å². The molecule has 4 nitrogen and oxygen atoms in total. The van der Waals surface area contributed by atoms with Crippen molar-refractivity contribution in [2.24, 2.45) is 0 Å². The first kappa shape index (κ1) is 10.3. The van der Waals surface area contributed by atoms with E-state index in [-0.39, 0.29) is 0 Å². The zero-order valence-electron chi connectivity index (χ0n) is 7.36. The molecule has 13 heavy (non-hydrogen) atoms. The smallest absolute Gasteiger partial charge is 0.178 e. The van der Waals surface area contributed by atoms with Crippen LogP contribution in [0.15, 0.2) is 6.20 Å². The molecule has 1 heterocycles. The number of rotatable bonds is 6. The van der Waals surface area contributed by atoms with Crippen LogP contribution in [0.3, 0.4) is 0 Å². The lowest BCUT2D eigenvalue weighted by molar-refractivity contribution is 0.0628. The first-order chi connectivity index (χ1) is 6.36. The molecule has 0 aliphatic rings. The van der Waals surface area contributed by atoms with Gasteiger partial charge in [0.2, 0.25) is 0 Å². The topological polar surface area (TPSA) is 48.4 Å².